The van der Waals surface area contributed by atoms with E-state index in [1.165, 1.54) is 29.2 Å². The molecule has 0 spiro atoms. The maximum absolute atomic E-state index is 13.9. The largest absolute Gasteiger partial charge is 0.341 e. The lowest BCUT2D eigenvalue weighted by Gasteiger charge is -2.48. The predicted molar refractivity (Wildman–Crippen MR) is 87.3 cm³/mol. The predicted octanol–water partition coefficient (Wildman–Crippen LogP) is 2.87. The van der Waals surface area contributed by atoms with Crippen LogP contribution in [0.1, 0.15) is 19.4 Å². The first-order valence-corrected chi connectivity index (χ1v) is 7.63. The van der Waals surface area contributed by atoms with Crippen molar-refractivity contribution in [1.29, 1.82) is 0 Å². The molecule has 2 aliphatic rings. The maximum Gasteiger partial charge on any atom is 0.240 e. The number of carbonyl (C=O) groups is 2. The second-order valence-corrected chi connectivity index (χ2v) is 6.72. The molecule has 5 heteroatoms. The van der Waals surface area contributed by atoms with E-state index in [1.807, 2.05) is 6.08 Å². The van der Waals surface area contributed by atoms with Crippen LogP contribution in [-0.2, 0) is 15.0 Å². The highest BCUT2D eigenvalue weighted by molar-refractivity contribution is 6.10. The van der Waals surface area contributed by atoms with E-state index in [9.17, 15) is 14.0 Å². The van der Waals surface area contributed by atoms with Gasteiger partial charge in [-0.3, -0.25) is 4.79 Å². The van der Waals surface area contributed by atoms with Crippen LogP contribution < -0.4 is 0 Å². The number of likely N-dealkylation sites (N-methyl/N-ethyl adjacent to an activating group) is 1. The van der Waals surface area contributed by atoms with Crippen LogP contribution in [-0.4, -0.2) is 30.2 Å². The van der Waals surface area contributed by atoms with Crippen molar-refractivity contribution in [1.82, 2.24) is 4.90 Å². The molecular formula is C19H17FN2O2. The number of hydrogen-bond acceptors (Lipinski definition) is 2. The van der Waals surface area contributed by atoms with Gasteiger partial charge in [0.1, 0.15) is 11.2 Å². The van der Waals surface area contributed by atoms with Crippen molar-refractivity contribution in [3.05, 3.63) is 70.5 Å². The van der Waals surface area contributed by atoms with E-state index >= 15 is 0 Å². The standard InChI is InChI=1S/C19H17FN2O2/c1-18(2)15-8-9-22(4)17(24)19(15,11-14(21-3)16(18)23)12-6-5-7-13(20)10-12/h5-8,10-11H,9H2,1-2,4H3/t19-/m1/s1. The molecule has 1 aromatic carbocycles. The van der Waals surface area contributed by atoms with Crippen molar-refractivity contribution in [2.75, 3.05) is 13.6 Å². The Hall–Kier alpha value is -2.74. The van der Waals surface area contributed by atoms with Crippen molar-refractivity contribution < 1.29 is 14.0 Å². The van der Waals surface area contributed by atoms with Crippen LogP contribution >= 0.6 is 0 Å². The Bertz CT molecular complexity index is 860. The van der Waals surface area contributed by atoms with Gasteiger partial charge in [0, 0.05) is 19.0 Å². The molecule has 0 bridgehead atoms. The summed E-state index contributed by atoms with van der Waals surface area (Å²) in [4.78, 5) is 30.7. The molecule has 0 unspecified atom stereocenters. The SMILES string of the molecule is [C-]#[N+]C1=C[C@]2(c3cccc(F)c3)C(=O)N(C)CC=C2C(C)(C)C1=O. The lowest BCUT2D eigenvalue weighted by atomic mass is 9.57. The molecule has 1 aliphatic heterocycles. The minimum Gasteiger partial charge on any atom is -0.341 e. The average molecular weight is 324 g/mol. The molecule has 0 N–H and O–H groups in total. The molecule has 1 aliphatic carbocycles. The minimum atomic E-state index is -1.31. The first-order valence-electron chi connectivity index (χ1n) is 7.63. The number of nitrogens with zero attached hydrogens (tertiary/aromatic N) is 2. The molecule has 1 heterocycles. The summed E-state index contributed by atoms with van der Waals surface area (Å²) in [7, 11) is 1.66. The van der Waals surface area contributed by atoms with Gasteiger partial charge in [0.25, 0.3) is 0 Å². The second kappa shape index (κ2) is 5.13. The maximum atomic E-state index is 13.9. The highest BCUT2D eigenvalue weighted by Crippen LogP contribution is 2.51. The van der Waals surface area contributed by atoms with Crippen LogP contribution in [0, 0.1) is 17.8 Å². The van der Waals surface area contributed by atoms with Crippen molar-refractivity contribution in [3.63, 3.8) is 0 Å². The fraction of sp³-hybridized carbons (Fsp3) is 0.316. The van der Waals surface area contributed by atoms with Crippen LogP contribution in [0.15, 0.2) is 47.7 Å². The van der Waals surface area contributed by atoms with Gasteiger partial charge in [0.15, 0.2) is 5.78 Å². The molecule has 122 valence electrons. The first-order chi connectivity index (χ1) is 11.2. The number of ketones is 1. The molecule has 0 saturated heterocycles. The third kappa shape index (κ3) is 1.96. The van der Waals surface area contributed by atoms with Gasteiger partial charge in [-0.15, -0.1) is 0 Å². The van der Waals surface area contributed by atoms with Gasteiger partial charge < -0.3 is 9.69 Å². The van der Waals surface area contributed by atoms with Crippen molar-refractivity contribution in [2.24, 2.45) is 5.41 Å². The normalized spacial score (nSPS) is 25.5. The van der Waals surface area contributed by atoms with E-state index in [2.05, 4.69) is 4.85 Å². The Balaban J connectivity index is 2.43. The zero-order chi connectivity index (χ0) is 17.7. The summed E-state index contributed by atoms with van der Waals surface area (Å²) in [6.07, 6.45) is 3.26. The number of rotatable bonds is 1. The fourth-order valence-corrected chi connectivity index (χ4v) is 3.67. The molecule has 0 saturated carbocycles. The molecule has 1 aromatic rings. The fourth-order valence-electron chi connectivity index (χ4n) is 3.67. The molecule has 4 nitrogen and oxygen atoms in total. The van der Waals surface area contributed by atoms with E-state index in [4.69, 9.17) is 6.57 Å². The Morgan fingerprint density at radius 3 is 2.62 bits per heavy atom. The van der Waals surface area contributed by atoms with Gasteiger partial charge in [-0.05, 0) is 23.3 Å². The molecule has 24 heavy (non-hydrogen) atoms. The molecule has 0 fully saturated rings. The topological polar surface area (TPSA) is 41.7 Å². The smallest absolute Gasteiger partial charge is 0.240 e. The lowest BCUT2D eigenvalue weighted by molar-refractivity contribution is -0.135. The van der Waals surface area contributed by atoms with E-state index in [1.54, 1.807) is 27.0 Å². The summed E-state index contributed by atoms with van der Waals surface area (Å²) in [5.74, 6) is -1.03. The highest BCUT2D eigenvalue weighted by Gasteiger charge is 2.56. The molecule has 0 aromatic heterocycles. The van der Waals surface area contributed by atoms with Crippen LogP contribution in [0.5, 0.6) is 0 Å². The summed E-state index contributed by atoms with van der Waals surface area (Å²) in [5.41, 5.74) is -1.34. The Kier molecular flexibility index (Phi) is 3.45. The number of amides is 1. The van der Waals surface area contributed by atoms with Crippen LogP contribution in [0.2, 0.25) is 0 Å². The molecule has 1 atom stereocenters. The molecule has 1 amide bonds. The minimum absolute atomic E-state index is 0.0786. The van der Waals surface area contributed by atoms with E-state index in [0.29, 0.717) is 17.7 Å². The second-order valence-electron chi connectivity index (χ2n) is 6.72. The van der Waals surface area contributed by atoms with Crippen molar-refractivity contribution in [2.45, 2.75) is 19.3 Å². The number of fused-ring (bicyclic) bond motifs is 1. The van der Waals surface area contributed by atoms with Gasteiger partial charge in [0.05, 0.1) is 6.57 Å². The van der Waals surface area contributed by atoms with Gasteiger partial charge in [-0.1, -0.05) is 38.1 Å². The third-order valence-electron chi connectivity index (χ3n) is 4.91. The number of hydrogen-bond donors (Lipinski definition) is 0. The van der Waals surface area contributed by atoms with Gasteiger partial charge in [-0.2, -0.15) is 0 Å². The Labute approximate surface area is 140 Å². The van der Waals surface area contributed by atoms with Gasteiger partial charge in [0.2, 0.25) is 11.6 Å². The number of benzene rings is 1. The monoisotopic (exact) mass is 324 g/mol. The zero-order valence-electron chi connectivity index (χ0n) is 13.8. The summed E-state index contributed by atoms with van der Waals surface area (Å²) in [6.45, 7) is 11.1. The third-order valence-corrected chi connectivity index (χ3v) is 4.91. The number of allylic oxidation sites excluding steroid dienone is 1. The van der Waals surface area contributed by atoms with Crippen molar-refractivity contribution in [3.8, 4) is 0 Å². The summed E-state index contributed by atoms with van der Waals surface area (Å²) in [5, 5.41) is 0. The van der Waals surface area contributed by atoms with Crippen LogP contribution in [0.25, 0.3) is 4.85 Å². The number of carbonyl (C=O) groups excluding carboxylic acids is 2. The average Bonchev–Trinajstić information content (AvgIpc) is 2.54. The lowest BCUT2D eigenvalue weighted by Crippen LogP contribution is -2.55. The summed E-state index contributed by atoms with van der Waals surface area (Å²) >= 11 is 0. The molecule has 0 radical (unpaired) electrons. The Morgan fingerprint density at radius 2 is 2.00 bits per heavy atom. The van der Waals surface area contributed by atoms with Crippen molar-refractivity contribution >= 4 is 11.7 Å². The first kappa shape index (κ1) is 16.1. The zero-order valence-corrected chi connectivity index (χ0v) is 13.8. The van der Waals surface area contributed by atoms with E-state index < -0.39 is 16.6 Å². The van der Waals surface area contributed by atoms with E-state index in [0.717, 1.165) is 0 Å². The van der Waals surface area contributed by atoms with Gasteiger partial charge >= 0.3 is 0 Å². The Morgan fingerprint density at radius 1 is 1.29 bits per heavy atom. The van der Waals surface area contributed by atoms with Crippen LogP contribution in [0.4, 0.5) is 4.39 Å². The summed E-state index contributed by atoms with van der Waals surface area (Å²) < 4.78 is 13.9. The number of Topliss-reactive ketones (excluding diaryl/α,β-unsaturated/α-hetero) is 1. The molecular weight excluding hydrogens is 307 g/mol. The summed E-state index contributed by atoms with van der Waals surface area (Å²) in [6, 6.07) is 5.81. The quantitative estimate of drug-likeness (QED) is 0.589. The molecule has 3 rings (SSSR count). The highest BCUT2D eigenvalue weighted by atomic mass is 19.1. The van der Waals surface area contributed by atoms with E-state index in [-0.39, 0.29) is 17.4 Å². The number of halogens is 1. The van der Waals surface area contributed by atoms with Gasteiger partial charge in [-0.25, -0.2) is 9.24 Å². The van der Waals surface area contributed by atoms with Crippen LogP contribution in [0.3, 0.4) is 0 Å².